The van der Waals surface area contributed by atoms with Crippen LogP contribution in [-0.2, 0) is 24.3 Å². The number of rotatable bonds is 4. The quantitative estimate of drug-likeness (QED) is 0.540. The van der Waals surface area contributed by atoms with Gasteiger partial charge in [0.25, 0.3) is 5.91 Å². The summed E-state index contributed by atoms with van der Waals surface area (Å²) in [4.78, 5) is 26.6. The summed E-state index contributed by atoms with van der Waals surface area (Å²) in [6.07, 6.45) is 4.84. The van der Waals surface area contributed by atoms with E-state index in [0.717, 1.165) is 42.5 Å². The van der Waals surface area contributed by atoms with E-state index in [4.69, 9.17) is 4.74 Å². The van der Waals surface area contributed by atoms with E-state index in [1.54, 1.807) is 37.1 Å². The fourth-order valence-corrected chi connectivity index (χ4v) is 6.19. The predicted octanol–water partition coefficient (Wildman–Crippen LogP) is 2.95. The summed E-state index contributed by atoms with van der Waals surface area (Å²) >= 11 is 0. The lowest BCUT2D eigenvalue weighted by atomic mass is 9.98. The van der Waals surface area contributed by atoms with Gasteiger partial charge in [-0.05, 0) is 63.6 Å². The van der Waals surface area contributed by atoms with Crippen molar-refractivity contribution in [3.05, 3.63) is 29.3 Å². The van der Waals surface area contributed by atoms with Crippen LogP contribution in [0.25, 0.3) is 5.57 Å². The van der Waals surface area contributed by atoms with E-state index in [1.165, 1.54) is 4.31 Å². The fourth-order valence-electron chi connectivity index (χ4n) is 4.70. The number of amides is 1. The summed E-state index contributed by atoms with van der Waals surface area (Å²) in [5, 5.41) is 0. The van der Waals surface area contributed by atoms with Gasteiger partial charge in [-0.1, -0.05) is 5.57 Å². The number of piperidine rings is 1. The molecule has 1 saturated heterocycles. The van der Waals surface area contributed by atoms with Crippen LogP contribution in [0.5, 0.6) is 0 Å². The Hall–Kier alpha value is -2.19. The van der Waals surface area contributed by atoms with Gasteiger partial charge in [-0.3, -0.25) is 9.59 Å². The number of allylic oxidation sites excluding steroid dienone is 1. The van der Waals surface area contributed by atoms with Gasteiger partial charge in [0.2, 0.25) is 10.0 Å². The average molecular weight is 433 g/mol. The van der Waals surface area contributed by atoms with Crippen molar-refractivity contribution >= 4 is 33.2 Å². The third-order valence-electron chi connectivity index (χ3n) is 6.39. The van der Waals surface area contributed by atoms with Crippen LogP contribution in [0.4, 0.5) is 5.69 Å². The Morgan fingerprint density at radius 2 is 1.83 bits per heavy atom. The van der Waals surface area contributed by atoms with Gasteiger partial charge in [-0.25, -0.2) is 8.42 Å². The average Bonchev–Trinajstić information content (AvgIpc) is 3.35. The number of esters is 1. The van der Waals surface area contributed by atoms with E-state index in [-0.39, 0.29) is 35.8 Å². The molecule has 4 rings (SSSR count). The van der Waals surface area contributed by atoms with Crippen LogP contribution in [0, 0.1) is 5.92 Å². The first-order valence-corrected chi connectivity index (χ1v) is 12.1. The van der Waals surface area contributed by atoms with E-state index < -0.39 is 10.0 Å². The molecule has 30 heavy (non-hydrogen) atoms. The van der Waals surface area contributed by atoms with Crippen molar-refractivity contribution in [2.75, 3.05) is 31.6 Å². The second-order valence-electron chi connectivity index (χ2n) is 8.16. The molecular weight excluding hydrogens is 404 g/mol. The second-order valence-corrected chi connectivity index (χ2v) is 10.1. The molecule has 0 N–H and O–H groups in total. The van der Waals surface area contributed by atoms with E-state index in [2.05, 4.69) is 0 Å². The highest BCUT2D eigenvalue weighted by Crippen LogP contribution is 2.43. The monoisotopic (exact) mass is 432 g/mol. The number of carbonyl (C=O) groups is 2. The number of ether oxygens (including phenoxy) is 1. The van der Waals surface area contributed by atoms with Gasteiger partial charge in [0.1, 0.15) is 0 Å². The zero-order valence-corrected chi connectivity index (χ0v) is 18.3. The van der Waals surface area contributed by atoms with E-state index >= 15 is 0 Å². The topological polar surface area (TPSA) is 84.0 Å². The van der Waals surface area contributed by atoms with Crippen molar-refractivity contribution in [2.24, 2.45) is 5.92 Å². The summed E-state index contributed by atoms with van der Waals surface area (Å²) in [5.74, 6) is -0.547. The van der Waals surface area contributed by atoms with Crippen LogP contribution in [0.1, 0.15) is 51.0 Å². The van der Waals surface area contributed by atoms with Crippen LogP contribution in [0.15, 0.2) is 28.7 Å². The zero-order chi connectivity index (χ0) is 21.5. The summed E-state index contributed by atoms with van der Waals surface area (Å²) in [5.41, 5.74) is 3.30. The summed E-state index contributed by atoms with van der Waals surface area (Å²) < 4.78 is 33.1. The predicted molar refractivity (Wildman–Crippen MR) is 113 cm³/mol. The lowest BCUT2D eigenvalue weighted by Gasteiger charge is -2.30. The molecule has 162 valence electrons. The number of benzene rings is 1. The molecule has 2 aliphatic heterocycles. The molecule has 0 spiro atoms. The highest BCUT2D eigenvalue weighted by molar-refractivity contribution is 7.89. The Bertz CT molecular complexity index is 998. The fraction of sp³-hybridized carbons (Fsp3) is 0.545. The molecule has 1 saturated carbocycles. The molecule has 1 amide bonds. The zero-order valence-electron chi connectivity index (χ0n) is 17.5. The first-order chi connectivity index (χ1) is 14.3. The Kier molecular flexibility index (Phi) is 5.72. The van der Waals surface area contributed by atoms with Gasteiger partial charge in [0, 0.05) is 31.3 Å². The van der Waals surface area contributed by atoms with E-state index in [0.29, 0.717) is 25.0 Å². The number of hydrogen-bond donors (Lipinski definition) is 0. The molecule has 3 aliphatic rings. The Morgan fingerprint density at radius 3 is 2.47 bits per heavy atom. The maximum absolute atomic E-state index is 13.3. The minimum absolute atomic E-state index is 0.0494. The minimum Gasteiger partial charge on any atom is -0.466 e. The lowest BCUT2D eigenvalue weighted by Crippen LogP contribution is -2.40. The van der Waals surface area contributed by atoms with Gasteiger partial charge in [-0.2, -0.15) is 4.31 Å². The number of fused-ring (bicyclic) bond motifs is 1. The van der Waals surface area contributed by atoms with Crippen molar-refractivity contribution < 1.29 is 22.7 Å². The highest BCUT2D eigenvalue weighted by Gasteiger charge is 2.36. The van der Waals surface area contributed by atoms with Gasteiger partial charge in [0.05, 0.1) is 23.1 Å². The maximum Gasteiger partial charge on any atom is 0.309 e. The highest BCUT2D eigenvalue weighted by atomic mass is 32.2. The molecular formula is C22H28N2O5S. The van der Waals surface area contributed by atoms with Crippen LogP contribution < -0.4 is 4.90 Å². The molecule has 1 aromatic rings. The number of nitrogens with zero attached hydrogens (tertiary/aromatic N) is 2. The Morgan fingerprint density at radius 1 is 1.17 bits per heavy atom. The molecule has 1 aromatic carbocycles. The third kappa shape index (κ3) is 3.56. The minimum atomic E-state index is -3.70. The van der Waals surface area contributed by atoms with Gasteiger partial charge < -0.3 is 9.64 Å². The number of hydrogen-bond acceptors (Lipinski definition) is 5. The smallest absolute Gasteiger partial charge is 0.309 e. The molecule has 7 nitrogen and oxygen atoms in total. The SMILES string of the molecule is CCOC(=O)C1CCN(S(=O)(=O)c2ccc3c(c2)C(=C2CCCC2)C(=O)N3C)CC1. The first kappa shape index (κ1) is 21.1. The maximum atomic E-state index is 13.3. The van der Waals surface area contributed by atoms with Crippen LogP contribution in [-0.4, -0.2) is 51.3 Å². The van der Waals surface area contributed by atoms with E-state index in [1.807, 2.05) is 0 Å². The van der Waals surface area contributed by atoms with Crippen LogP contribution in [0.2, 0.25) is 0 Å². The van der Waals surface area contributed by atoms with Crippen molar-refractivity contribution in [1.82, 2.24) is 4.31 Å². The molecule has 2 fully saturated rings. The van der Waals surface area contributed by atoms with E-state index in [9.17, 15) is 18.0 Å². The lowest BCUT2D eigenvalue weighted by molar-refractivity contribution is -0.149. The van der Waals surface area contributed by atoms with Crippen molar-refractivity contribution in [3.8, 4) is 0 Å². The number of sulfonamides is 1. The molecule has 0 bridgehead atoms. The largest absolute Gasteiger partial charge is 0.466 e. The second kappa shape index (κ2) is 8.15. The number of carbonyl (C=O) groups excluding carboxylic acids is 2. The van der Waals surface area contributed by atoms with Gasteiger partial charge in [0.15, 0.2) is 0 Å². The van der Waals surface area contributed by atoms with Crippen LogP contribution in [0.3, 0.4) is 0 Å². The standard InChI is InChI=1S/C22H28N2O5S/c1-3-29-22(26)16-10-12-24(13-11-16)30(27,28)17-8-9-19-18(14-17)20(21(25)23(19)2)15-6-4-5-7-15/h8-9,14,16H,3-7,10-13H2,1-2H3. The molecule has 0 unspecified atom stereocenters. The van der Waals surface area contributed by atoms with Crippen molar-refractivity contribution in [2.45, 2.75) is 50.3 Å². The molecule has 8 heteroatoms. The molecule has 0 radical (unpaired) electrons. The Balaban J connectivity index is 1.61. The molecule has 2 heterocycles. The molecule has 0 aromatic heterocycles. The van der Waals surface area contributed by atoms with Crippen molar-refractivity contribution in [1.29, 1.82) is 0 Å². The summed E-state index contributed by atoms with van der Waals surface area (Å²) in [6, 6.07) is 4.97. The molecule has 1 aliphatic carbocycles. The van der Waals surface area contributed by atoms with Crippen molar-refractivity contribution in [3.63, 3.8) is 0 Å². The summed E-state index contributed by atoms with van der Waals surface area (Å²) in [6.45, 7) is 2.67. The van der Waals surface area contributed by atoms with Gasteiger partial charge >= 0.3 is 5.97 Å². The first-order valence-electron chi connectivity index (χ1n) is 10.7. The van der Waals surface area contributed by atoms with Crippen LogP contribution >= 0.6 is 0 Å². The van der Waals surface area contributed by atoms with Gasteiger partial charge in [-0.15, -0.1) is 0 Å². The summed E-state index contributed by atoms with van der Waals surface area (Å²) in [7, 11) is -1.96. The number of anilines is 1. The molecule has 0 atom stereocenters. The number of likely N-dealkylation sites (N-methyl/N-ethyl adjacent to an activating group) is 1. The third-order valence-corrected chi connectivity index (χ3v) is 8.28. The Labute approximate surface area is 177 Å². The normalized spacial score (nSPS) is 20.7.